The average Bonchev–Trinajstić information content (AvgIpc) is 2.57. The van der Waals surface area contributed by atoms with Gasteiger partial charge in [-0.2, -0.15) is 8.42 Å². The number of hydrogen-bond donors (Lipinski definition) is 2. The van der Waals surface area contributed by atoms with Crippen molar-refractivity contribution in [2.24, 2.45) is 0 Å². The minimum atomic E-state index is -3.82. The molecule has 0 aliphatic heterocycles. The zero-order valence-electron chi connectivity index (χ0n) is 13.8. The number of rotatable bonds is 8. The van der Waals surface area contributed by atoms with Gasteiger partial charge in [0.1, 0.15) is 17.1 Å². The van der Waals surface area contributed by atoms with Crippen LogP contribution in [0.3, 0.4) is 0 Å². The summed E-state index contributed by atoms with van der Waals surface area (Å²) in [7, 11) is -3.82. The molecule has 0 bridgehead atoms. The highest BCUT2D eigenvalue weighted by Gasteiger charge is 2.16. The van der Waals surface area contributed by atoms with E-state index in [1.165, 1.54) is 24.3 Å². The third kappa shape index (κ3) is 5.20. The van der Waals surface area contributed by atoms with Gasteiger partial charge in [0, 0.05) is 12.5 Å². The van der Waals surface area contributed by atoms with Crippen molar-refractivity contribution in [3.63, 3.8) is 0 Å². The molecule has 0 saturated heterocycles. The third-order valence-electron chi connectivity index (χ3n) is 3.38. The Labute approximate surface area is 159 Å². The molecule has 0 fully saturated rings. The number of carbonyl (C=O) groups is 1. The minimum Gasteiger partial charge on any atom is -0.507 e. The van der Waals surface area contributed by atoms with Crippen LogP contribution in [0.1, 0.15) is 22.3 Å². The van der Waals surface area contributed by atoms with Gasteiger partial charge < -0.3 is 14.9 Å². The zero-order chi connectivity index (χ0) is 19.3. The Morgan fingerprint density at radius 1 is 1.15 bits per heavy atom. The number of halogens is 1. The molecule has 0 amide bonds. The second-order valence-corrected chi connectivity index (χ2v) is 7.87. The Morgan fingerprint density at radius 3 is 2.42 bits per heavy atom. The first kappa shape index (κ1) is 20.2. The Kier molecular flexibility index (Phi) is 6.63. The fourth-order valence-electron chi connectivity index (χ4n) is 2.01. The molecule has 0 aliphatic rings. The standard InChI is InChI=1S/C17H17BrO7S/c1-11-3-5-12(6-4-11)26(22,23)25-8-2-7-24-16-10-15(19)13(17(20)21)9-14(16)18/h3-6,9-10,19H,2,7-8H2,1H3,(H,20,21). The smallest absolute Gasteiger partial charge is 0.339 e. The van der Waals surface area contributed by atoms with Crippen molar-refractivity contribution in [1.29, 1.82) is 0 Å². The van der Waals surface area contributed by atoms with Crippen LogP contribution in [-0.2, 0) is 14.3 Å². The lowest BCUT2D eigenvalue weighted by Gasteiger charge is -2.10. The van der Waals surface area contributed by atoms with Crippen LogP contribution < -0.4 is 4.74 Å². The summed E-state index contributed by atoms with van der Waals surface area (Å²) in [4.78, 5) is 11.0. The van der Waals surface area contributed by atoms with Gasteiger partial charge in [0.25, 0.3) is 10.1 Å². The summed E-state index contributed by atoms with van der Waals surface area (Å²) < 4.78 is 34.8. The molecule has 0 radical (unpaired) electrons. The molecule has 9 heteroatoms. The highest BCUT2D eigenvalue weighted by Crippen LogP contribution is 2.32. The van der Waals surface area contributed by atoms with Crippen molar-refractivity contribution in [3.05, 3.63) is 52.0 Å². The molecular formula is C17H17BrO7S. The van der Waals surface area contributed by atoms with Crippen molar-refractivity contribution in [3.8, 4) is 11.5 Å². The molecule has 2 aromatic carbocycles. The summed E-state index contributed by atoms with van der Waals surface area (Å²) in [6.07, 6.45) is 0.277. The van der Waals surface area contributed by atoms with Gasteiger partial charge in [-0.3, -0.25) is 4.18 Å². The third-order valence-corrected chi connectivity index (χ3v) is 5.32. The maximum absolute atomic E-state index is 12.0. The second-order valence-electron chi connectivity index (χ2n) is 5.40. The molecule has 0 spiro atoms. The van der Waals surface area contributed by atoms with E-state index < -0.39 is 21.8 Å². The van der Waals surface area contributed by atoms with Gasteiger partial charge in [0.05, 0.1) is 22.6 Å². The Morgan fingerprint density at radius 2 is 1.81 bits per heavy atom. The van der Waals surface area contributed by atoms with E-state index in [2.05, 4.69) is 15.9 Å². The van der Waals surface area contributed by atoms with Gasteiger partial charge in [-0.15, -0.1) is 0 Å². The van der Waals surface area contributed by atoms with Gasteiger partial charge in [0.15, 0.2) is 0 Å². The van der Waals surface area contributed by atoms with Crippen molar-refractivity contribution >= 4 is 32.0 Å². The first-order chi connectivity index (χ1) is 12.2. The number of aromatic carboxylic acids is 1. The van der Waals surface area contributed by atoms with Crippen molar-refractivity contribution in [1.82, 2.24) is 0 Å². The molecule has 0 saturated carbocycles. The summed E-state index contributed by atoms with van der Waals surface area (Å²) in [5.41, 5.74) is 0.692. The number of aryl methyl sites for hydroxylation is 1. The molecule has 0 aliphatic carbocycles. The topological polar surface area (TPSA) is 110 Å². The van der Waals surface area contributed by atoms with E-state index in [0.29, 0.717) is 4.47 Å². The molecule has 26 heavy (non-hydrogen) atoms. The van der Waals surface area contributed by atoms with Crippen LogP contribution in [0, 0.1) is 6.92 Å². The van der Waals surface area contributed by atoms with Crippen molar-refractivity contribution in [2.45, 2.75) is 18.2 Å². The van der Waals surface area contributed by atoms with Gasteiger partial charge in [-0.05, 0) is 41.1 Å². The van der Waals surface area contributed by atoms with Gasteiger partial charge in [0.2, 0.25) is 0 Å². The van der Waals surface area contributed by atoms with Crippen LogP contribution in [0.15, 0.2) is 45.8 Å². The molecule has 0 atom stereocenters. The lowest BCUT2D eigenvalue weighted by molar-refractivity contribution is 0.0693. The molecule has 2 N–H and O–H groups in total. The van der Waals surface area contributed by atoms with Crippen LogP contribution in [0.5, 0.6) is 11.5 Å². The van der Waals surface area contributed by atoms with Gasteiger partial charge >= 0.3 is 5.97 Å². The van der Waals surface area contributed by atoms with E-state index >= 15 is 0 Å². The Balaban J connectivity index is 1.86. The molecule has 0 heterocycles. The number of ether oxygens (including phenoxy) is 1. The molecule has 0 aromatic heterocycles. The van der Waals surface area contributed by atoms with E-state index in [-0.39, 0.29) is 35.8 Å². The SMILES string of the molecule is Cc1ccc(S(=O)(=O)OCCCOc2cc(O)c(C(=O)O)cc2Br)cc1. The van der Waals surface area contributed by atoms with Crippen LogP contribution in [0.4, 0.5) is 0 Å². The van der Waals surface area contributed by atoms with E-state index in [1.807, 2.05) is 6.92 Å². The number of carboxylic acid groups (broad SMARTS) is 1. The molecular weight excluding hydrogens is 428 g/mol. The molecule has 7 nitrogen and oxygen atoms in total. The van der Waals surface area contributed by atoms with Crippen molar-refractivity contribution < 1.29 is 32.3 Å². The Hall–Kier alpha value is -2.10. The minimum absolute atomic E-state index is 0.0764. The molecule has 2 aromatic rings. The summed E-state index contributed by atoms with van der Waals surface area (Å²) in [6, 6.07) is 8.73. The van der Waals surface area contributed by atoms with Crippen LogP contribution in [-0.4, -0.2) is 37.8 Å². The number of benzene rings is 2. The quantitative estimate of drug-likeness (QED) is 0.474. The summed E-state index contributed by atoms with van der Waals surface area (Å²) >= 11 is 3.16. The highest BCUT2D eigenvalue weighted by atomic mass is 79.9. The Bertz CT molecular complexity index is 892. The largest absolute Gasteiger partial charge is 0.507 e. The van der Waals surface area contributed by atoms with E-state index in [4.69, 9.17) is 14.0 Å². The van der Waals surface area contributed by atoms with Crippen LogP contribution in [0.2, 0.25) is 0 Å². The number of phenols is 1. The van der Waals surface area contributed by atoms with E-state index in [9.17, 15) is 18.3 Å². The van der Waals surface area contributed by atoms with Crippen LogP contribution in [0.25, 0.3) is 0 Å². The maximum Gasteiger partial charge on any atom is 0.339 e. The predicted octanol–water partition coefficient (Wildman–Crippen LogP) is 3.34. The van der Waals surface area contributed by atoms with Crippen LogP contribution >= 0.6 is 15.9 Å². The number of carboxylic acids is 1. The summed E-state index contributed by atoms with van der Waals surface area (Å²) in [5, 5.41) is 18.6. The predicted molar refractivity (Wildman–Crippen MR) is 97.2 cm³/mol. The van der Waals surface area contributed by atoms with E-state index in [1.54, 1.807) is 12.1 Å². The first-order valence-corrected chi connectivity index (χ1v) is 9.75. The normalized spacial score (nSPS) is 11.3. The zero-order valence-corrected chi connectivity index (χ0v) is 16.2. The maximum atomic E-state index is 12.0. The fraction of sp³-hybridized carbons (Fsp3) is 0.235. The average molecular weight is 445 g/mol. The summed E-state index contributed by atoms with van der Waals surface area (Å²) in [5.74, 6) is -1.44. The lowest BCUT2D eigenvalue weighted by Crippen LogP contribution is -2.10. The monoisotopic (exact) mass is 444 g/mol. The number of aromatic hydroxyl groups is 1. The summed E-state index contributed by atoms with van der Waals surface area (Å²) in [6.45, 7) is 1.90. The molecule has 0 unspecified atom stereocenters. The number of hydrogen-bond acceptors (Lipinski definition) is 6. The first-order valence-electron chi connectivity index (χ1n) is 7.55. The van der Waals surface area contributed by atoms with E-state index in [0.717, 1.165) is 5.56 Å². The van der Waals surface area contributed by atoms with Crippen molar-refractivity contribution in [2.75, 3.05) is 13.2 Å². The lowest BCUT2D eigenvalue weighted by atomic mass is 10.2. The van der Waals surface area contributed by atoms with Gasteiger partial charge in [-0.1, -0.05) is 17.7 Å². The molecule has 140 valence electrons. The second kappa shape index (κ2) is 8.52. The van der Waals surface area contributed by atoms with Gasteiger partial charge in [-0.25, -0.2) is 4.79 Å². The highest BCUT2D eigenvalue weighted by molar-refractivity contribution is 9.10. The fourth-order valence-corrected chi connectivity index (χ4v) is 3.41. The molecule has 2 rings (SSSR count).